The van der Waals surface area contributed by atoms with Crippen LogP contribution in [0.5, 0.6) is 0 Å². The normalized spacial score (nSPS) is 10.6. The highest BCUT2D eigenvalue weighted by Crippen LogP contribution is 2.12. The van der Waals surface area contributed by atoms with Crippen molar-refractivity contribution in [2.45, 2.75) is 52.1 Å². The van der Waals surface area contributed by atoms with Gasteiger partial charge < -0.3 is 14.6 Å². The lowest BCUT2D eigenvalue weighted by molar-refractivity contribution is 0.0141. The highest BCUT2D eigenvalue weighted by atomic mass is 127. The number of benzene rings is 2. The first-order valence-corrected chi connectivity index (χ1v) is 11.3. The molecule has 0 aromatic heterocycles. The number of alkyl halides is 1. The van der Waals surface area contributed by atoms with Crippen LogP contribution >= 0.6 is 22.6 Å². The van der Waals surface area contributed by atoms with E-state index in [2.05, 4.69) is 58.4 Å². The van der Waals surface area contributed by atoms with Gasteiger partial charge in [-0.2, -0.15) is 0 Å². The Balaban J connectivity index is 0.000000300. The van der Waals surface area contributed by atoms with Gasteiger partial charge in [0.05, 0.1) is 17.6 Å². The van der Waals surface area contributed by atoms with Crippen molar-refractivity contribution < 1.29 is 14.6 Å². The quantitative estimate of drug-likeness (QED) is 0.316. The molecule has 0 heterocycles. The van der Waals surface area contributed by atoms with Crippen LogP contribution < -0.4 is 0 Å². The molecule has 0 aliphatic heterocycles. The zero-order valence-corrected chi connectivity index (χ0v) is 20.4. The first-order chi connectivity index (χ1) is 14.3. The molecule has 2 aromatic carbocycles. The van der Waals surface area contributed by atoms with E-state index in [4.69, 9.17) is 14.6 Å². The number of rotatable bonds is 6. The molecule has 0 aliphatic rings. The zero-order valence-electron chi connectivity index (χ0n) is 18.2. The summed E-state index contributed by atoms with van der Waals surface area (Å²) < 4.78 is 12.2. The highest BCUT2D eigenvalue weighted by Gasteiger charge is 2.14. The van der Waals surface area contributed by atoms with Gasteiger partial charge in [0.2, 0.25) is 0 Å². The summed E-state index contributed by atoms with van der Waals surface area (Å²) in [7, 11) is 0. The Morgan fingerprint density at radius 2 is 1.13 bits per heavy atom. The smallest absolute Gasteiger partial charge is 0.123 e. The summed E-state index contributed by atoms with van der Waals surface area (Å²) in [6, 6.07) is 20.1. The van der Waals surface area contributed by atoms with Gasteiger partial charge in [-0.25, -0.2) is 0 Å². The minimum absolute atomic E-state index is 0.127. The molecule has 0 unspecified atom stereocenters. The van der Waals surface area contributed by atoms with Gasteiger partial charge in [0, 0.05) is 0 Å². The molecular weight excluding hydrogens is 487 g/mol. The van der Waals surface area contributed by atoms with Crippen molar-refractivity contribution in [1.82, 2.24) is 0 Å². The highest BCUT2D eigenvalue weighted by molar-refractivity contribution is 14.1. The van der Waals surface area contributed by atoms with Crippen molar-refractivity contribution in [2.24, 2.45) is 0 Å². The van der Waals surface area contributed by atoms with Gasteiger partial charge in [-0.3, -0.25) is 0 Å². The van der Waals surface area contributed by atoms with Crippen molar-refractivity contribution in [1.29, 1.82) is 0 Å². The fourth-order valence-corrected chi connectivity index (χ4v) is 2.44. The summed E-state index contributed by atoms with van der Waals surface area (Å²) in [5.41, 5.74) is 1.43. The van der Waals surface area contributed by atoms with Crippen LogP contribution in [0.4, 0.5) is 0 Å². The average molecular weight is 518 g/mol. The molecule has 2 rings (SSSR count). The molecule has 3 nitrogen and oxygen atoms in total. The fraction of sp³-hybridized carbons (Fsp3) is 0.385. The maximum absolute atomic E-state index is 8.59. The first-order valence-electron chi connectivity index (χ1n) is 9.80. The first kappa shape index (κ1) is 26.2. The number of ether oxygens (including phenoxy) is 2. The van der Waals surface area contributed by atoms with Gasteiger partial charge in [0.15, 0.2) is 0 Å². The number of halogens is 1. The molecule has 160 valence electrons. The van der Waals surface area contributed by atoms with Crippen LogP contribution in [-0.4, -0.2) is 27.3 Å². The molecule has 0 radical (unpaired) electrons. The van der Waals surface area contributed by atoms with Crippen LogP contribution in [0.15, 0.2) is 60.7 Å². The molecule has 1 N–H and O–H groups in total. The van der Waals surface area contributed by atoms with E-state index in [0.717, 1.165) is 9.99 Å². The Hall–Kier alpha value is -1.83. The summed E-state index contributed by atoms with van der Waals surface area (Å²) in [5.74, 6) is 11.6. The predicted molar refractivity (Wildman–Crippen MR) is 132 cm³/mol. The van der Waals surface area contributed by atoms with E-state index in [1.165, 1.54) is 5.56 Å². The Morgan fingerprint density at radius 3 is 1.50 bits per heavy atom. The lowest BCUT2D eigenvalue weighted by Gasteiger charge is -2.18. The van der Waals surface area contributed by atoms with E-state index in [9.17, 15) is 0 Å². The molecule has 0 spiro atoms. The molecule has 30 heavy (non-hydrogen) atoms. The van der Waals surface area contributed by atoms with Crippen molar-refractivity contribution >= 4 is 22.6 Å². The Morgan fingerprint density at radius 1 is 0.733 bits per heavy atom. The maximum atomic E-state index is 8.59. The van der Waals surface area contributed by atoms with Crippen LogP contribution in [0.1, 0.15) is 38.8 Å². The van der Waals surface area contributed by atoms with Crippen LogP contribution in [0.2, 0.25) is 0 Å². The monoisotopic (exact) mass is 518 g/mol. The van der Waals surface area contributed by atoms with Crippen LogP contribution in [-0.2, 0) is 22.7 Å². The standard InChI is InChI=1S/C13H15IO.C13H16O2/c2*1-13(2,9-6-10-14)15-11-12-7-4-3-5-8-12/h3-5,7-8H,10-11H2,1-2H3;3-5,7-8,14H,10-11H2,1-2H3. The molecule has 0 fully saturated rings. The Labute approximate surface area is 195 Å². The molecule has 0 amide bonds. The zero-order chi connectivity index (χ0) is 22.3. The van der Waals surface area contributed by atoms with E-state index in [0.29, 0.717) is 13.2 Å². The number of hydrogen-bond acceptors (Lipinski definition) is 3. The molecule has 2 aromatic rings. The van der Waals surface area contributed by atoms with Gasteiger partial charge >= 0.3 is 0 Å². The van der Waals surface area contributed by atoms with Gasteiger partial charge in [-0.1, -0.05) is 107 Å². The third kappa shape index (κ3) is 12.7. The summed E-state index contributed by atoms with van der Waals surface area (Å²) in [6.45, 7) is 8.79. The maximum Gasteiger partial charge on any atom is 0.123 e. The summed E-state index contributed by atoms with van der Waals surface area (Å²) >= 11 is 2.24. The summed E-state index contributed by atoms with van der Waals surface area (Å²) in [6.07, 6.45) is 0. The van der Waals surface area contributed by atoms with Gasteiger partial charge in [-0.05, 0) is 38.8 Å². The number of hydrogen-bond donors (Lipinski definition) is 1. The summed E-state index contributed by atoms with van der Waals surface area (Å²) in [5, 5.41) is 8.59. The number of aliphatic hydroxyl groups is 1. The molecule has 0 saturated heterocycles. The largest absolute Gasteiger partial charge is 0.384 e. The molecule has 0 atom stereocenters. The molecule has 4 heteroatoms. The van der Waals surface area contributed by atoms with Gasteiger partial charge in [-0.15, -0.1) is 0 Å². The fourth-order valence-electron chi connectivity index (χ4n) is 2.25. The second-order valence-corrected chi connectivity index (χ2v) is 8.23. The Bertz CT molecular complexity index is 764. The Kier molecular flexibility index (Phi) is 12.4. The third-order valence-electron chi connectivity index (χ3n) is 3.81. The molecule has 0 bridgehead atoms. The van der Waals surface area contributed by atoms with E-state index in [1.807, 2.05) is 76.2 Å². The molecular formula is C26H31IO3. The summed E-state index contributed by atoms with van der Waals surface area (Å²) in [4.78, 5) is 0. The van der Waals surface area contributed by atoms with Gasteiger partial charge in [0.1, 0.15) is 17.8 Å². The average Bonchev–Trinajstić information content (AvgIpc) is 2.76. The van der Waals surface area contributed by atoms with Crippen molar-refractivity contribution in [3.8, 4) is 23.7 Å². The topological polar surface area (TPSA) is 38.7 Å². The van der Waals surface area contributed by atoms with Crippen LogP contribution in [0.3, 0.4) is 0 Å². The second kappa shape index (κ2) is 14.2. The second-order valence-electron chi connectivity index (χ2n) is 7.46. The van der Waals surface area contributed by atoms with Gasteiger partial charge in [0.25, 0.3) is 0 Å². The lowest BCUT2D eigenvalue weighted by atomic mass is 10.1. The SMILES string of the molecule is CC(C)(C#CCI)OCc1ccccc1.CC(C)(C#CCO)OCc1ccccc1. The lowest BCUT2D eigenvalue weighted by Crippen LogP contribution is -2.21. The van der Waals surface area contributed by atoms with E-state index < -0.39 is 5.60 Å². The van der Waals surface area contributed by atoms with E-state index >= 15 is 0 Å². The van der Waals surface area contributed by atoms with E-state index in [-0.39, 0.29) is 12.2 Å². The van der Waals surface area contributed by atoms with Crippen molar-refractivity contribution in [2.75, 3.05) is 11.0 Å². The van der Waals surface area contributed by atoms with E-state index in [1.54, 1.807) is 0 Å². The molecule has 0 aliphatic carbocycles. The van der Waals surface area contributed by atoms with Crippen LogP contribution in [0, 0.1) is 23.7 Å². The van der Waals surface area contributed by atoms with Crippen molar-refractivity contribution in [3.63, 3.8) is 0 Å². The minimum atomic E-state index is -0.515. The third-order valence-corrected chi connectivity index (χ3v) is 4.19. The minimum Gasteiger partial charge on any atom is -0.384 e. The predicted octanol–water partition coefficient (Wildman–Crippen LogP) is 5.40. The molecule has 0 saturated carbocycles. The van der Waals surface area contributed by atoms with Crippen molar-refractivity contribution in [3.05, 3.63) is 71.8 Å². The van der Waals surface area contributed by atoms with Crippen LogP contribution in [0.25, 0.3) is 0 Å². The number of aliphatic hydroxyl groups excluding tert-OH is 1.